The SMILES string of the molecule is NC(=NO)c1ncn2c1Cn1nccc1-c1cc(F)ccc1-2. The molecule has 2 aromatic heterocycles. The number of amidine groups is 1. The molecular weight excluding hydrogens is 287 g/mol. The van der Waals surface area contributed by atoms with E-state index in [0.29, 0.717) is 23.5 Å². The average molecular weight is 298 g/mol. The number of oxime groups is 1. The molecule has 8 heteroatoms. The maximum Gasteiger partial charge on any atom is 0.190 e. The first-order valence-corrected chi connectivity index (χ1v) is 6.55. The molecule has 1 aliphatic rings. The van der Waals surface area contributed by atoms with Gasteiger partial charge in [-0.25, -0.2) is 9.37 Å². The van der Waals surface area contributed by atoms with Gasteiger partial charge in [0.25, 0.3) is 0 Å². The topological polar surface area (TPSA) is 94.3 Å². The molecule has 3 N–H and O–H groups in total. The van der Waals surface area contributed by atoms with Gasteiger partial charge in [-0.3, -0.25) is 9.25 Å². The van der Waals surface area contributed by atoms with Crippen molar-refractivity contribution in [3.63, 3.8) is 0 Å². The minimum atomic E-state index is -0.327. The molecule has 0 radical (unpaired) electrons. The maximum absolute atomic E-state index is 13.7. The minimum absolute atomic E-state index is 0.0759. The molecule has 0 bridgehead atoms. The Labute approximate surface area is 124 Å². The van der Waals surface area contributed by atoms with Crippen LogP contribution < -0.4 is 5.73 Å². The van der Waals surface area contributed by atoms with Crippen molar-refractivity contribution in [2.24, 2.45) is 10.9 Å². The van der Waals surface area contributed by atoms with Gasteiger partial charge in [0.15, 0.2) is 5.84 Å². The number of nitrogens with two attached hydrogens (primary N) is 1. The molecular formula is C14H11FN6O. The molecule has 0 saturated carbocycles. The number of hydrogen-bond acceptors (Lipinski definition) is 4. The van der Waals surface area contributed by atoms with Crippen molar-refractivity contribution in [3.8, 4) is 16.9 Å². The number of rotatable bonds is 1. The van der Waals surface area contributed by atoms with Crippen LogP contribution in [0.3, 0.4) is 0 Å². The molecule has 0 saturated heterocycles. The number of hydrogen-bond donors (Lipinski definition) is 2. The lowest BCUT2D eigenvalue weighted by Gasteiger charge is -2.08. The Balaban J connectivity index is 2.06. The van der Waals surface area contributed by atoms with Crippen molar-refractivity contribution in [1.82, 2.24) is 19.3 Å². The van der Waals surface area contributed by atoms with Gasteiger partial charge >= 0.3 is 0 Å². The van der Waals surface area contributed by atoms with Crippen LogP contribution in [0.15, 0.2) is 41.9 Å². The van der Waals surface area contributed by atoms with Gasteiger partial charge in [0.05, 0.1) is 23.6 Å². The molecule has 3 aromatic rings. The van der Waals surface area contributed by atoms with Gasteiger partial charge in [0.2, 0.25) is 0 Å². The summed E-state index contributed by atoms with van der Waals surface area (Å²) in [6, 6.07) is 6.34. The summed E-state index contributed by atoms with van der Waals surface area (Å²) in [5.74, 6) is -0.403. The number of imidazole rings is 1. The van der Waals surface area contributed by atoms with Gasteiger partial charge in [0.1, 0.15) is 17.8 Å². The summed E-state index contributed by atoms with van der Waals surface area (Å²) in [6.45, 7) is 0.379. The number of benzene rings is 1. The van der Waals surface area contributed by atoms with Crippen LogP contribution in [0.1, 0.15) is 11.4 Å². The summed E-state index contributed by atoms with van der Waals surface area (Å²) >= 11 is 0. The van der Waals surface area contributed by atoms with Crippen molar-refractivity contribution in [3.05, 3.63) is 54.0 Å². The van der Waals surface area contributed by atoms with Crippen molar-refractivity contribution in [2.75, 3.05) is 0 Å². The van der Waals surface area contributed by atoms with Crippen LogP contribution in [0.2, 0.25) is 0 Å². The normalized spacial score (nSPS) is 13.2. The van der Waals surface area contributed by atoms with Gasteiger partial charge in [-0.2, -0.15) is 5.10 Å². The summed E-state index contributed by atoms with van der Waals surface area (Å²) in [5.41, 5.74) is 9.04. The van der Waals surface area contributed by atoms with Gasteiger partial charge in [-0.15, -0.1) is 0 Å². The highest BCUT2D eigenvalue weighted by Gasteiger charge is 2.24. The molecule has 22 heavy (non-hydrogen) atoms. The van der Waals surface area contributed by atoms with E-state index in [-0.39, 0.29) is 11.7 Å². The van der Waals surface area contributed by atoms with E-state index in [1.807, 2.05) is 6.07 Å². The van der Waals surface area contributed by atoms with Crippen LogP contribution in [0.4, 0.5) is 4.39 Å². The van der Waals surface area contributed by atoms with Crippen LogP contribution in [0, 0.1) is 5.82 Å². The van der Waals surface area contributed by atoms with Gasteiger partial charge in [0, 0.05) is 11.8 Å². The van der Waals surface area contributed by atoms with Crippen LogP contribution in [0.5, 0.6) is 0 Å². The highest BCUT2D eigenvalue weighted by atomic mass is 19.1. The third-order valence-corrected chi connectivity index (χ3v) is 3.73. The van der Waals surface area contributed by atoms with Gasteiger partial charge in [-0.1, -0.05) is 5.16 Å². The predicted octanol–water partition coefficient (Wildman–Crippen LogP) is 1.33. The Hall–Kier alpha value is -3.16. The van der Waals surface area contributed by atoms with Gasteiger partial charge in [-0.05, 0) is 24.3 Å². The third-order valence-electron chi connectivity index (χ3n) is 3.73. The average Bonchev–Trinajstić information content (AvgIpc) is 3.12. The van der Waals surface area contributed by atoms with Crippen LogP contribution in [0.25, 0.3) is 16.9 Å². The molecule has 0 unspecified atom stereocenters. The molecule has 1 aliphatic heterocycles. The Kier molecular flexibility index (Phi) is 2.52. The largest absolute Gasteiger partial charge is 0.409 e. The molecule has 0 amide bonds. The number of nitrogens with zero attached hydrogens (tertiary/aromatic N) is 5. The quantitative estimate of drug-likeness (QED) is 0.240. The van der Waals surface area contributed by atoms with Crippen LogP contribution >= 0.6 is 0 Å². The van der Waals surface area contributed by atoms with Crippen molar-refractivity contribution in [1.29, 1.82) is 0 Å². The molecule has 0 fully saturated rings. The maximum atomic E-state index is 13.7. The van der Waals surface area contributed by atoms with Crippen LogP contribution in [-0.4, -0.2) is 30.4 Å². The lowest BCUT2D eigenvalue weighted by molar-refractivity contribution is 0.318. The highest BCUT2D eigenvalue weighted by molar-refractivity contribution is 5.96. The molecule has 1 aromatic carbocycles. The van der Waals surface area contributed by atoms with E-state index in [4.69, 9.17) is 10.9 Å². The lowest BCUT2D eigenvalue weighted by Crippen LogP contribution is -2.18. The molecule has 3 heterocycles. The van der Waals surface area contributed by atoms with Crippen LogP contribution in [-0.2, 0) is 6.54 Å². The van der Waals surface area contributed by atoms with Gasteiger partial charge < -0.3 is 10.9 Å². The summed E-state index contributed by atoms with van der Waals surface area (Å²) < 4.78 is 17.2. The summed E-state index contributed by atoms with van der Waals surface area (Å²) in [7, 11) is 0. The van der Waals surface area contributed by atoms with Crippen molar-refractivity contribution < 1.29 is 9.60 Å². The Morgan fingerprint density at radius 3 is 3.05 bits per heavy atom. The first kappa shape index (κ1) is 12.6. The summed E-state index contributed by atoms with van der Waals surface area (Å²) in [4.78, 5) is 4.20. The predicted molar refractivity (Wildman–Crippen MR) is 76.4 cm³/mol. The van der Waals surface area contributed by atoms with Crippen molar-refractivity contribution >= 4 is 5.84 Å². The van der Waals surface area contributed by atoms with E-state index in [1.54, 1.807) is 27.8 Å². The Bertz CT molecular complexity index is 910. The summed E-state index contributed by atoms with van der Waals surface area (Å²) in [5, 5.41) is 16.2. The standard InChI is InChI=1S/C14H11FN6O/c15-8-1-2-10-9(5-8)11-3-4-18-21(11)6-12-13(14(16)19-22)17-7-20(10)12/h1-5,7,22H,6H2,(H2,16,19). The van der Waals surface area contributed by atoms with E-state index >= 15 is 0 Å². The highest BCUT2D eigenvalue weighted by Crippen LogP contribution is 2.32. The fourth-order valence-corrected chi connectivity index (χ4v) is 2.75. The fourth-order valence-electron chi connectivity index (χ4n) is 2.75. The lowest BCUT2D eigenvalue weighted by atomic mass is 10.1. The molecule has 4 rings (SSSR count). The van der Waals surface area contributed by atoms with E-state index < -0.39 is 0 Å². The molecule has 0 atom stereocenters. The monoisotopic (exact) mass is 298 g/mol. The Morgan fingerprint density at radius 2 is 2.23 bits per heavy atom. The second-order valence-corrected chi connectivity index (χ2v) is 4.93. The smallest absolute Gasteiger partial charge is 0.190 e. The molecule has 7 nitrogen and oxygen atoms in total. The summed E-state index contributed by atoms with van der Waals surface area (Å²) in [6.07, 6.45) is 3.23. The zero-order chi connectivity index (χ0) is 15.3. The van der Waals surface area contributed by atoms with Crippen molar-refractivity contribution in [2.45, 2.75) is 6.54 Å². The second kappa shape index (κ2) is 4.42. The molecule has 0 aliphatic carbocycles. The number of fused-ring (bicyclic) bond motifs is 5. The van der Waals surface area contributed by atoms with E-state index in [9.17, 15) is 4.39 Å². The first-order valence-electron chi connectivity index (χ1n) is 6.55. The fraction of sp³-hybridized carbons (Fsp3) is 0.0714. The third kappa shape index (κ3) is 1.63. The Morgan fingerprint density at radius 1 is 1.36 bits per heavy atom. The number of halogens is 1. The zero-order valence-electron chi connectivity index (χ0n) is 11.3. The molecule has 110 valence electrons. The number of aromatic nitrogens is 4. The van der Waals surface area contributed by atoms with E-state index in [1.165, 1.54) is 12.1 Å². The molecule has 0 spiro atoms. The first-order chi connectivity index (χ1) is 10.7. The zero-order valence-corrected chi connectivity index (χ0v) is 11.3. The second-order valence-electron chi connectivity index (χ2n) is 4.93. The minimum Gasteiger partial charge on any atom is -0.409 e. The van der Waals surface area contributed by atoms with E-state index in [2.05, 4.69) is 15.2 Å². The van der Waals surface area contributed by atoms with E-state index in [0.717, 1.165) is 11.4 Å².